The Bertz CT molecular complexity index is 683. The number of hydrogen-bond donors (Lipinski definition) is 1. The summed E-state index contributed by atoms with van der Waals surface area (Å²) in [5, 5.41) is 21.1. The first-order valence-electron chi connectivity index (χ1n) is 5.49. The molecule has 0 unspecified atom stereocenters. The number of ether oxygens (including phenoxy) is 1. The number of nitrogens with zero attached hydrogens (tertiary/aromatic N) is 3. The second-order valence-corrected chi connectivity index (χ2v) is 3.63. The van der Waals surface area contributed by atoms with E-state index in [9.17, 15) is 0 Å². The number of rotatable bonds is 3. The van der Waals surface area contributed by atoms with Crippen LogP contribution in [0.25, 0.3) is 0 Å². The zero-order valence-corrected chi connectivity index (χ0v) is 10.2. The molecule has 0 fully saturated rings. The summed E-state index contributed by atoms with van der Waals surface area (Å²) in [7, 11) is 1.52. The molecule has 1 aromatic carbocycles. The molecule has 0 aliphatic rings. The van der Waals surface area contributed by atoms with Crippen LogP contribution in [0.3, 0.4) is 0 Å². The second-order valence-electron chi connectivity index (χ2n) is 3.63. The van der Waals surface area contributed by atoms with Crippen molar-refractivity contribution >= 4 is 11.5 Å². The number of hydrogen-bond acceptors (Lipinski definition) is 5. The Balaban J connectivity index is 2.50. The largest absolute Gasteiger partial charge is 0.495 e. The van der Waals surface area contributed by atoms with Crippen molar-refractivity contribution in [3.63, 3.8) is 0 Å². The van der Waals surface area contributed by atoms with Gasteiger partial charge in [0.2, 0.25) is 0 Å². The lowest BCUT2D eigenvalue weighted by Gasteiger charge is -2.12. The molecule has 19 heavy (non-hydrogen) atoms. The number of pyridine rings is 1. The van der Waals surface area contributed by atoms with Crippen LogP contribution in [0, 0.1) is 22.7 Å². The summed E-state index contributed by atoms with van der Waals surface area (Å²) in [6.07, 6.45) is 1.57. The molecule has 2 aromatic rings. The van der Waals surface area contributed by atoms with Crippen LogP contribution in [-0.2, 0) is 0 Å². The molecule has 1 N–H and O–H groups in total. The lowest BCUT2D eigenvalue weighted by atomic mass is 10.1. The third-order valence-corrected chi connectivity index (χ3v) is 2.54. The maximum atomic E-state index is 9.11. The molecule has 0 aliphatic carbocycles. The predicted molar refractivity (Wildman–Crippen MR) is 69.9 cm³/mol. The number of anilines is 2. The van der Waals surface area contributed by atoms with Gasteiger partial charge in [-0.25, -0.2) is 4.98 Å². The van der Waals surface area contributed by atoms with Crippen LogP contribution in [0.2, 0.25) is 0 Å². The van der Waals surface area contributed by atoms with Crippen molar-refractivity contribution in [3.05, 3.63) is 47.7 Å². The highest BCUT2D eigenvalue weighted by Gasteiger charge is 2.11. The van der Waals surface area contributed by atoms with Gasteiger partial charge in [0.1, 0.15) is 29.4 Å². The van der Waals surface area contributed by atoms with E-state index in [-0.39, 0.29) is 0 Å². The van der Waals surface area contributed by atoms with E-state index >= 15 is 0 Å². The van der Waals surface area contributed by atoms with E-state index in [4.69, 9.17) is 15.3 Å². The standard InChI is InChI=1S/C14H10N4O/c1-19-12-6-2-4-10(8-15)13(12)18-14-11(9-16)5-3-7-17-14/h2-7H,1H3,(H,17,18). The number of aromatic nitrogens is 1. The van der Waals surface area contributed by atoms with E-state index in [0.717, 1.165) is 0 Å². The summed E-state index contributed by atoms with van der Waals surface area (Å²) in [4.78, 5) is 4.10. The van der Waals surface area contributed by atoms with E-state index in [1.807, 2.05) is 6.07 Å². The third kappa shape index (κ3) is 2.46. The maximum absolute atomic E-state index is 9.11. The van der Waals surface area contributed by atoms with Crippen LogP contribution >= 0.6 is 0 Å². The third-order valence-electron chi connectivity index (χ3n) is 2.54. The fourth-order valence-corrected chi connectivity index (χ4v) is 1.64. The number of para-hydroxylation sites is 1. The van der Waals surface area contributed by atoms with Crippen LogP contribution in [0.15, 0.2) is 36.5 Å². The molecule has 0 amide bonds. The monoisotopic (exact) mass is 250 g/mol. The van der Waals surface area contributed by atoms with Crippen LogP contribution < -0.4 is 10.1 Å². The van der Waals surface area contributed by atoms with E-state index in [2.05, 4.69) is 16.4 Å². The zero-order chi connectivity index (χ0) is 13.7. The molecule has 1 aromatic heterocycles. The fourth-order valence-electron chi connectivity index (χ4n) is 1.64. The Morgan fingerprint density at radius 2 is 1.84 bits per heavy atom. The Kier molecular flexibility index (Phi) is 3.61. The van der Waals surface area contributed by atoms with Crippen molar-refractivity contribution in [1.82, 2.24) is 4.98 Å². The molecule has 0 aliphatic heterocycles. The molecule has 2 rings (SSSR count). The minimum Gasteiger partial charge on any atom is -0.495 e. The Morgan fingerprint density at radius 1 is 1.11 bits per heavy atom. The van der Waals surface area contributed by atoms with Gasteiger partial charge in [0.25, 0.3) is 0 Å². The zero-order valence-electron chi connectivity index (χ0n) is 10.2. The van der Waals surface area contributed by atoms with E-state index in [1.165, 1.54) is 7.11 Å². The van der Waals surface area contributed by atoms with E-state index in [0.29, 0.717) is 28.4 Å². The SMILES string of the molecule is COc1cccc(C#N)c1Nc1ncccc1C#N. The molecule has 1 heterocycles. The molecule has 0 atom stereocenters. The van der Waals surface area contributed by atoms with Gasteiger partial charge in [-0.05, 0) is 24.3 Å². The smallest absolute Gasteiger partial charge is 0.148 e. The molecule has 0 radical (unpaired) electrons. The van der Waals surface area contributed by atoms with Crippen molar-refractivity contribution in [3.8, 4) is 17.9 Å². The van der Waals surface area contributed by atoms with Crippen molar-refractivity contribution < 1.29 is 4.74 Å². The van der Waals surface area contributed by atoms with E-state index in [1.54, 1.807) is 36.5 Å². The Morgan fingerprint density at radius 3 is 2.53 bits per heavy atom. The summed E-state index contributed by atoms with van der Waals surface area (Å²) in [5.41, 5.74) is 1.33. The summed E-state index contributed by atoms with van der Waals surface area (Å²) in [6.45, 7) is 0. The summed E-state index contributed by atoms with van der Waals surface area (Å²) >= 11 is 0. The van der Waals surface area contributed by atoms with Crippen LogP contribution in [0.4, 0.5) is 11.5 Å². The van der Waals surface area contributed by atoms with Gasteiger partial charge in [-0.3, -0.25) is 0 Å². The van der Waals surface area contributed by atoms with Crippen LogP contribution in [-0.4, -0.2) is 12.1 Å². The molecule has 5 nitrogen and oxygen atoms in total. The van der Waals surface area contributed by atoms with Crippen LogP contribution in [0.5, 0.6) is 5.75 Å². The second kappa shape index (κ2) is 5.52. The lowest BCUT2D eigenvalue weighted by molar-refractivity contribution is 0.416. The summed E-state index contributed by atoms with van der Waals surface area (Å²) < 4.78 is 5.21. The highest BCUT2D eigenvalue weighted by Crippen LogP contribution is 2.31. The number of nitrogens with one attached hydrogen (secondary N) is 1. The molecule has 0 bridgehead atoms. The van der Waals surface area contributed by atoms with Gasteiger partial charge in [0.05, 0.1) is 18.2 Å². The number of benzene rings is 1. The molecule has 5 heteroatoms. The van der Waals surface area contributed by atoms with Gasteiger partial charge >= 0.3 is 0 Å². The van der Waals surface area contributed by atoms with Crippen molar-refractivity contribution in [2.75, 3.05) is 12.4 Å². The molecule has 92 valence electrons. The van der Waals surface area contributed by atoms with Gasteiger partial charge < -0.3 is 10.1 Å². The highest BCUT2D eigenvalue weighted by atomic mass is 16.5. The topological polar surface area (TPSA) is 81.7 Å². The fraction of sp³-hybridized carbons (Fsp3) is 0.0714. The Hall–Kier alpha value is -3.05. The van der Waals surface area contributed by atoms with Crippen molar-refractivity contribution in [1.29, 1.82) is 10.5 Å². The average molecular weight is 250 g/mol. The van der Waals surface area contributed by atoms with Crippen molar-refractivity contribution in [2.45, 2.75) is 0 Å². The first-order valence-corrected chi connectivity index (χ1v) is 5.49. The number of methoxy groups -OCH3 is 1. The van der Waals surface area contributed by atoms with Gasteiger partial charge in [-0.15, -0.1) is 0 Å². The lowest BCUT2D eigenvalue weighted by Crippen LogP contribution is -2.01. The normalized spacial score (nSPS) is 9.21. The number of nitriles is 2. The minimum absolute atomic E-state index is 0.394. The molecule has 0 saturated heterocycles. The first-order chi connectivity index (χ1) is 9.30. The Labute approximate surface area is 110 Å². The van der Waals surface area contributed by atoms with Crippen molar-refractivity contribution in [2.24, 2.45) is 0 Å². The summed E-state index contributed by atoms with van der Waals surface area (Å²) in [6, 6.07) is 12.6. The average Bonchev–Trinajstić information content (AvgIpc) is 2.48. The molecule has 0 saturated carbocycles. The summed E-state index contributed by atoms with van der Waals surface area (Å²) in [5.74, 6) is 0.916. The molecular weight excluding hydrogens is 240 g/mol. The van der Waals surface area contributed by atoms with E-state index < -0.39 is 0 Å². The quantitative estimate of drug-likeness (QED) is 0.905. The molecule has 0 spiro atoms. The minimum atomic E-state index is 0.394. The van der Waals surface area contributed by atoms with Gasteiger partial charge in [0.15, 0.2) is 0 Å². The predicted octanol–water partition coefficient (Wildman–Crippen LogP) is 2.58. The van der Waals surface area contributed by atoms with Gasteiger partial charge in [-0.1, -0.05) is 6.07 Å². The van der Waals surface area contributed by atoms with Crippen LogP contribution in [0.1, 0.15) is 11.1 Å². The van der Waals surface area contributed by atoms with Gasteiger partial charge in [0, 0.05) is 6.20 Å². The molecular formula is C14H10N4O. The first kappa shape index (κ1) is 12.4. The highest BCUT2D eigenvalue weighted by molar-refractivity contribution is 5.73. The van der Waals surface area contributed by atoms with Gasteiger partial charge in [-0.2, -0.15) is 10.5 Å². The maximum Gasteiger partial charge on any atom is 0.148 e.